The van der Waals surface area contributed by atoms with Crippen molar-refractivity contribution >= 4 is 29.1 Å². The summed E-state index contributed by atoms with van der Waals surface area (Å²) in [5.74, 6) is -0.215. The number of rotatable bonds is 8. The second-order valence-electron chi connectivity index (χ2n) is 7.09. The number of aryl methyl sites for hydroxylation is 2. The van der Waals surface area contributed by atoms with Crippen LogP contribution < -0.4 is 10.6 Å². The van der Waals surface area contributed by atoms with Crippen LogP contribution in [-0.2, 0) is 29.0 Å². The third-order valence-corrected chi connectivity index (χ3v) is 5.22. The van der Waals surface area contributed by atoms with Gasteiger partial charge in [-0.2, -0.15) is 0 Å². The second-order valence-corrected chi connectivity index (χ2v) is 7.53. The fourth-order valence-electron chi connectivity index (χ4n) is 3.39. The van der Waals surface area contributed by atoms with E-state index < -0.39 is 0 Å². The molecule has 0 radical (unpaired) electrons. The number of fused-ring (bicyclic) bond motifs is 1. The van der Waals surface area contributed by atoms with Gasteiger partial charge in [0.05, 0.1) is 13.1 Å². The number of benzene rings is 2. The van der Waals surface area contributed by atoms with E-state index in [1.54, 1.807) is 12.1 Å². The molecule has 148 valence electrons. The van der Waals surface area contributed by atoms with Crippen LogP contribution in [0.5, 0.6) is 0 Å². The number of likely N-dealkylation sites (N-methyl/N-ethyl adjacent to an activating group) is 1. The van der Waals surface area contributed by atoms with Crippen molar-refractivity contribution in [1.82, 2.24) is 10.2 Å². The van der Waals surface area contributed by atoms with Crippen LogP contribution in [0, 0.1) is 0 Å². The van der Waals surface area contributed by atoms with Gasteiger partial charge >= 0.3 is 0 Å². The molecule has 2 amide bonds. The van der Waals surface area contributed by atoms with Gasteiger partial charge in [-0.1, -0.05) is 36.7 Å². The van der Waals surface area contributed by atoms with Crippen LogP contribution in [0.3, 0.4) is 0 Å². The van der Waals surface area contributed by atoms with E-state index in [1.807, 2.05) is 30.0 Å². The van der Waals surface area contributed by atoms with Crippen molar-refractivity contribution in [1.29, 1.82) is 0 Å². The van der Waals surface area contributed by atoms with E-state index in [4.69, 9.17) is 11.6 Å². The van der Waals surface area contributed by atoms with Gasteiger partial charge in [-0.15, -0.1) is 0 Å². The highest BCUT2D eigenvalue weighted by atomic mass is 35.5. The van der Waals surface area contributed by atoms with E-state index >= 15 is 0 Å². The van der Waals surface area contributed by atoms with Crippen molar-refractivity contribution in [2.45, 2.75) is 32.7 Å². The van der Waals surface area contributed by atoms with Crippen LogP contribution in [0.15, 0.2) is 42.5 Å². The average molecular weight is 400 g/mol. The highest BCUT2D eigenvalue weighted by molar-refractivity contribution is 6.30. The summed E-state index contributed by atoms with van der Waals surface area (Å²) in [4.78, 5) is 26.4. The summed E-state index contributed by atoms with van der Waals surface area (Å²) < 4.78 is 0. The number of anilines is 1. The van der Waals surface area contributed by atoms with Crippen LogP contribution in [0.1, 0.15) is 30.0 Å². The molecule has 6 heteroatoms. The third-order valence-electron chi connectivity index (χ3n) is 4.97. The molecule has 0 aliphatic heterocycles. The molecule has 0 heterocycles. The molecule has 0 atom stereocenters. The van der Waals surface area contributed by atoms with Gasteiger partial charge < -0.3 is 10.6 Å². The molecule has 0 spiro atoms. The molecular formula is C22H26ClN3O2. The molecule has 0 aromatic heterocycles. The third kappa shape index (κ3) is 5.81. The highest BCUT2D eigenvalue weighted by Crippen LogP contribution is 2.24. The Kier molecular flexibility index (Phi) is 7.06. The topological polar surface area (TPSA) is 61.4 Å². The average Bonchev–Trinajstić information content (AvgIpc) is 3.14. The first kappa shape index (κ1) is 20.4. The lowest BCUT2D eigenvalue weighted by atomic mass is 10.1. The normalized spacial score (nSPS) is 12.7. The van der Waals surface area contributed by atoms with Crippen LogP contribution in [0.2, 0.25) is 5.02 Å². The van der Waals surface area contributed by atoms with Gasteiger partial charge in [-0.05, 0) is 66.8 Å². The van der Waals surface area contributed by atoms with Crippen LogP contribution in [0.25, 0.3) is 0 Å². The molecule has 2 aromatic rings. The fraction of sp³-hybridized carbons (Fsp3) is 0.364. The maximum absolute atomic E-state index is 12.4. The van der Waals surface area contributed by atoms with Crippen molar-refractivity contribution in [3.8, 4) is 0 Å². The van der Waals surface area contributed by atoms with Gasteiger partial charge in [0.25, 0.3) is 0 Å². The zero-order valence-corrected chi connectivity index (χ0v) is 16.9. The highest BCUT2D eigenvalue weighted by Gasteiger charge is 2.15. The molecule has 2 N–H and O–H groups in total. The summed E-state index contributed by atoms with van der Waals surface area (Å²) in [6, 6.07) is 13.5. The Labute approximate surface area is 171 Å². The van der Waals surface area contributed by atoms with Crippen molar-refractivity contribution in [2.24, 2.45) is 0 Å². The van der Waals surface area contributed by atoms with E-state index in [2.05, 4.69) is 22.8 Å². The molecule has 0 unspecified atom stereocenters. The van der Waals surface area contributed by atoms with E-state index in [0.717, 1.165) is 24.1 Å². The number of nitrogens with one attached hydrogen (secondary N) is 2. The maximum atomic E-state index is 12.4. The van der Waals surface area contributed by atoms with Gasteiger partial charge in [0.2, 0.25) is 11.8 Å². The largest absolute Gasteiger partial charge is 0.351 e. The van der Waals surface area contributed by atoms with Crippen LogP contribution in [0.4, 0.5) is 5.69 Å². The number of nitrogens with zero attached hydrogens (tertiary/aromatic N) is 1. The first-order valence-corrected chi connectivity index (χ1v) is 10.1. The lowest BCUT2D eigenvalue weighted by Crippen LogP contribution is -2.40. The molecule has 1 aliphatic rings. The molecule has 3 rings (SSSR count). The van der Waals surface area contributed by atoms with Crippen LogP contribution >= 0.6 is 11.6 Å². The molecule has 5 nitrogen and oxygen atoms in total. The van der Waals surface area contributed by atoms with Gasteiger partial charge in [0.1, 0.15) is 0 Å². The van der Waals surface area contributed by atoms with Gasteiger partial charge in [0, 0.05) is 17.3 Å². The van der Waals surface area contributed by atoms with E-state index in [9.17, 15) is 9.59 Å². The van der Waals surface area contributed by atoms with Gasteiger partial charge in [-0.25, -0.2) is 0 Å². The predicted octanol–water partition coefficient (Wildman–Crippen LogP) is 3.41. The standard InChI is InChI=1S/C22H26ClN3O2/c1-2-26(14-21(27)24-13-16-6-9-19(23)10-7-16)15-22(28)25-20-11-8-17-4-3-5-18(17)12-20/h6-12H,2-5,13-15H2,1H3,(H,24,27)(H,25,28). The SMILES string of the molecule is CCN(CC(=O)NCc1ccc(Cl)cc1)CC(=O)Nc1ccc2c(c1)CCC2. The Morgan fingerprint density at radius 1 is 1.00 bits per heavy atom. The Balaban J connectivity index is 1.45. The van der Waals surface area contributed by atoms with Crippen molar-refractivity contribution in [2.75, 3.05) is 25.0 Å². The smallest absolute Gasteiger partial charge is 0.238 e. The Morgan fingerprint density at radius 3 is 2.46 bits per heavy atom. The summed E-state index contributed by atoms with van der Waals surface area (Å²) in [7, 11) is 0. The molecule has 0 bridgehead atoms. The van der Waals surface area contributed by atoms with Crippen LogP contribution in [-0.4, -0.2) is 36.3 Å². The Bertz CT molecular complexity index is 836. The monoisotopic (exact) mass is 399 g/mol. The fourth-order valence-corrected chi connectivity index (χ4v) is 3.52. The quantitative estimate of drug-likeness (QED) is 0.715. The van der Waals surface area contributed by atoms with Gasteiger partial charge in [0.15, 0.2) is 0 Å². The molecule has 2 aromatic carbocycles. The molecule has 1 aliphatic carbocycles. The minimum Gasteiger partial charge on any atom is -0.351 e. The van der Waals surface area contributed by atoms with Crippen molar-refractivity contribution < 1.29 is 9.59 Å². The maximum Gasteiger partial charge on any atom is 0.238 e. The van der Waals surface area contributed by atoms with Crippen molar-refractivity contribution in [3.05, 3.63) is 64.2 Å². The minimum absolute atomic E-state index is 0.106. The summed E-state index contributed by atoms with van der Waals surface area (Å²) in [5, 5.41) is 6.50. The van der Waals surface area contributed by atoms with Gasteiger partial charge in [-0.3, -0.25) is 14.5 Å². The Morgan fingerprint density at radius 2 is 1.71 bits per heavy atom. The van der Waals surface area contributed by atoms with Crippen molar-refractivity contribution in [3.63, 3.8) is 0 Å². The molecule has 0 fully saturated rings. The first-order valence-electron chi connectivity index (χ1n) is 9.68. The molecular weight excluding hydrogens is 374 g/mol. The van der Waals surface area contributed by atoms with E-state index in [1.165, 1.54) is 17.5 Å². The number of hydrogen-bond donors (Lipinski definition) is 2. The zero-order chi connectivity index (χ0) is 19.9. The molecule has 0 saturated heterocycles. The second kappa shape index (κ2) is 9.71. The number of amides is 2. The number of carbonyl (C=O) groups excluding carboxylic acids is 2. The number of halogens is 1. The zero-order valence-electron chi connectivity index (χ0n) is 16.1. The molecule has 0 saturated carbocycles. The van der Waals surface area contributed by atoms with E-state index in [-0.39, 0.29) is 24.9 Å². The predicted molar refractivity (Wildman–Crippen MR) is 113 cm³/mol. The summed E-state index contributed by atoms with van der Waals surface area (Å²) in [6.45, 7) is 3.36. The summed E-state index contributed by atoms with van der Waals surface area (Å²) in [6.07, 6.45) is 3.38. The number of carbonyl (C=O) groups is 2. The van der Waals surface area contributed by atoms with E-state index in [0.29, 0.717) is 18.1 Å². The minimum atomic E-state index is -0.109. The number of hydrogen-bond acceptors (Lipinski definition) is 3. The summed E-state index contributed by atoms with van der Waals surface area (Å²) >= 11 is 5.86. The Hall–Kier alpha value is -2.37. The lowest BCUT2D eigenvalue weighted by Gasteiger charge is -2.19. The summed E-state index contributed by atoms with van der Waals surface area (Å²) in [5.41, 5.74) is 4.52. The lowest BCUT2D eigenvalue weighted by molar-refractivity contribution is -0.123. The molecule has 28 heavy (non-hydrogen) atoms. The first-order chi connectivity index (χ1) is 13.5.